The van der Waals surface area contributed by atoms with Crippen molar-refractivity contribution >= 4 is 46.5 Å². The summed E-state index contributed by atoms with van der Waals surface area (Å²) in [5.74, 6) is -1.23. The molecular formula is C16H14Cl2N2O3. The number of nitrogens with two attached hydrogens (primary N) is 1. The number of carbonyl (C=O) groups is 2. The highest BCUT2D eigenvalue weighted by Gasteiger charge is 2.16. The molecule has 2 rings (SSSR count). The molecule has 2 aromatic rings. The van der Waals surface area contributed by atoms with Crippen LogP contribution in [0, 0.1) is 6.92 Å². The molecule has 0 atom stereocenters. The fourth-order valence-corrected chi connectivity index (χ4v) is 2.38. The largest absolute Gasteiger partial charge is 0.452 e. The average molecular weight is 353 g/mol. The number of hydrogen-bond donors (Lipinski definition) is 2. The van der Waals surface area contributed by atoms with Crippen molar-refractivity contribution in [2.75, 3.05) is 17.7 Å². The number of aryl methyl sites for hydroxylation is 1. The zero-order valence-electron chi connectivity index (χ0n) is 12.2. The third-order valence-corrected chi connectivity index (χ3v) is 3.48. The van der Waals surface area contributed by atoms with Gasteiger partial charge in [-0.1, -0.05) is 35.3 Å². The first-order chi connectivity index (χ1) is 10.9. The predicted octanol–water partition coefficient (Wildman–Crippen LogP) is 3.68. The van der Waals surface area contributed by atoms with Crippen LogP contribution in [0.5, 0.6) is 0 Å². The number of benzene rings is 2. The number of nitrogen functional groups attached to an aromatic ring is 1. The predicted molar refractivity (Wildman–Crippen MR) is 91.0 cm³/mol. The molecule has 0 aliphatic heterocycles. The summed E-state index contributed by atoms with van der Waals surface area (Å²) >= 11 is 11.7. The molecule has 23 heavy (non-hydrogen) atoms. The second-order valence-corrected chi connectivity index (χ2v) is 5.69. The van der Waals surface area contributed by atoms with E-state index in [0.29, 0.717) is 5.69 Å². The van der Waals surface area contributed by atoms with Gasteiger partial charge in [-0.3, -0.25) is 4.79 Å². The van der Waals surface area contributed by atoms with Crippen LogP contribution in [0.2, 0.25) is 10.0 Å². The third-order valence-electron chi connectivity index (χ3n) is 2.95. The highest BCUT2D eigenvalue weighted by Crippen LogP contribution is 2.28. The minimum atomic E-state index is -0.772. The summed E-state index contributed by atoms with van der Waals surface area (Å²) in [6.45, 7) is 1.46. The van der Waals surface area contributed by atoms with Crippen molar-refractivity contribution in [2.24, 2.45) is 0 Å². The Balaban J connectivity index is 1.98. The van der Waals surface area contributed by atoms with Gasteiger partial charge < -0.3 is 15.8 Å². The Hall–Kier alpha value is -2.24. The van der Waals surface area contributed by atoms with Crippen LogP contribution >= 0.6 is 23.2 Å². The lowest BCUT2D eigenvalue weighted by molar-refractivity contribution is -0.119. The quantitative estimate of drug-likeness (QED) is 0.649. The van der Waals surface area contributed by atoms with E-state index < -0.39 is 18.5 Å². The Morgan fingerprint density at radius 1 is 1.22 bits per heavy atom. The van der Waals surface area contributed by atoms with Gasteiger partial charge in [-0.15, -0.1) is 0 Å². The van der Waals surface area contributed by atoms with Crippen LogP contribution in [0.15, 0.2) is 36.4 Å². The maximum absolute atomic E-state index is 12.0. The van der Waals surface area contributed by atoms with Crippen molar-refractivity contribution < 1.29 is 14.3 Å². The lowest BCUT2D eigenvalue weighted by Crippen LogP contribution is -2.21. The zero-order valence-corrected chi connectivity index (χ0v) is 13.7. The van der Waals surface area contributed by atoms with Crippen molar-refractivity contribution in [1.29, 1.82) is 0 Å². The first kappa shape index (κ1) is 17.1. The topological polar surface area (TPSA) is 81.4 Å². The Bertz CT molecular complexity index is 763. The van der Waals surface area contributed by atoms with Gasteiger partial charge in [-0.05, 0) is 36.8 Å². The molecule has 0 aliphatic rings. The monoisotopic (exact) mass is 352 g/mol. The van der Waals surface area contributed by atoms with Crippen molar-refractivity contribution in [3.05, 3.63) is 57.6 Å². The van der Waals surface area contributed by atoms with Crippen LogP contribution in [0.1, 0.15) is 15.9 Å². The number of ether oxygens (including phenoxy) is 1. The highest BCUT2D eigenvalue weighted by molar-refractivity contribution is 6.37. The molecular weight excluding hydrogens is 339 g/mol. The van der Waals surface area contributed by atoms with Gasteiger partial charge in [0, 0.05) is 10.7 Å². The van der Waals surface area contributed by atoms with Crippen LogP contribution < -0.4 is 11.1 Å². The van der Waals surface area contributed by atoms with Gasteiger partial charge in [0.05, 0.1) is 16.3 Å². The molecule has 0 aliphatic carbocycles. The van der Waals surface area contributed by atoms with Crippen LogP contribution in [-0.4, -0.2) is 18.5 Å². The Labute approximate surface area is 143 Å². The third kappa shape index (κ3) is 4.61. The molecule has 0 aromatic heterocycles. The van der Waals surface area contributed by atoms with Gasteiger partial charge >= 0.3 is 5.97 Å². The molecule has 0 fully saturated rings. The standard InChI is InChI=1S/C16H14Cl2N2O3/c1-9-3-2-4-11(5-9)20-14(21)8-23-16(22)12-6-10(17)7-13(18)15(12)19/h2-7H,8,19H2,1H3,(H,20,21). The molecule has 0 radical (unpaired) electrons. The lowest BCUT2D eigenvalue weighted by atomic mass is 10.2. The second-order valence-electron chi connectivity index (χ2n) is 4.84. The van der Waals surface area contributed by atoms with Crippen molar-refractivity contribution in [3.63, 3.8) is 0 Å². The minimum Gasteiger partial charge on any atom is -0.452 e. The van der Waals surface area contributed by atoms with Crippen molar-refractivity contribution in [1.82, 2.24) is 0 Å². The maximum Gasteiger partial charge on any atom is 0.340 e. The van der Waals surface area contributed by atoms with E-state index >= 15 is 0 Å². The van der Waals surface area contributed by atoms with E-state index in [9.17, 15) is 9.59 Å². The van der Waals surface area contributed by atoms with Gasteiger partial charge in [-0.25, -0.2) is 4.79 Å². The molecule has 0 spiro atoms. The fourth-order valence-electron chi connectivity index (χ4n) is 1.88. The summed E-state index contributed by atoms with van der Waals surface area (Å²) in [4.78, 5) is 23.8. The number of halogens is 2. The molecule has 0 bridgehead atoms. The number of esters is 1. The van der Waals surface area contributed by atoms with E-state index in [1.54, 1.807) is 12.1 Å². The van der Waals surface area contributed by atoms with E-state index in [1.165, 1.54) is 12.1 Å². The van der Waals surface area contributed by atoms with Gasteiger partial charge in [0.15, 0.2) is 6.61 Å². The van der Waals surface area contributed by atoms with Crippen molar-refractivity contribution in [2.45, 2.75) is 6.92 Å². The molecule has 5 nitrogen and oxygen atoms in total. The van der Waals surface area contributed by atoms with E-state index in [-0.39, 0.29) is 21.3 Å². The van der Waals surface area contributed by atoms with E-state index in [0.717, 1.165) is 5.56 Å². The zero-order chi connectivity index (χ0) is 17.0. The summed E-state index contributed by atoms with van der Waals surface area (Å²) in [6, 6.07) is 10.0. The van der Waals surface area contributed by atoms with Gasteiger partial charge in [0.2, 0.25) is 0 Å². The smallest absolute Gasteiger partial charge is 0.340 e. The summed E-state index contributed by atoms with van der Waals surface area (Å²) in [7, 11) is 0. The number of amides is 1. The van der Waals surface area contributed by atoms with Gasteiger partial charge in [0.25, 0.3) is 5.91 Å². The van der Waals surface area contributed by atoms with Crippen LogP contribution in [0.3, 0.4) is 0 Å². The average Bonchev–Trinajstić information content (AvgIpc) is 2.48. The molecule has 0 saturated heterocycles. The molecule has 0 unspecified atom stereocenters. The van der Waals surface area contributed by atoms with Crippen LogP contribution in [-0.2, 0) is 9.53 Å². The first-order valence-corrected chi connectivity index (χ1v) is 7.40. The molecule has 0 heterocycles. The van der Waals surface area contributed by atoms with E-state index in [1.807, 2.05) is 19.1 Å². The summed E-state index contributed by atoms with van der Waals surface area (Å²) < 4.78 is 4.93. The van der Waals surface area contributed by atoms with E-state index in [2.05, 4.69) is 5.32 Å². The normalized spacial score (nSPS) is 10.2. The van der Waals surface area contributed by atoms with Crippen LogP contribution in [0.4, 0.5) is 11.4 Å². The molecule has 3 N–H and O–H groups in total. The SMILES string of the molecule is Cc1cccc(NC(=O)COC(=O)c2cc(Cl)cc(Cl)c2N)c1. The molecule has 7 heteroatoms. The molecule has 2 aromatic carbocycles. The summed E-state index contributed by atoms with van der Waals surface area (Å²) in [5, 5.41) is 3.02. The van der Waals surface area contributed by atoms with E-state index in [4.69, 9.17) is 33.7 Å². The summed E-state index contributed by atoms with van der Waals surface area (Å²) in [5.41, 5.74) is 7.40. The number of anilines is 2. The number of rotatable bonds is 4. The first-order valence-electron chi connectivity index (χ1n) is 6.65. The van der Waals surface area contributed by atoms with Crippen LogP contribution in [0.25, 0.3) is 0 Å². The summed E-state index contributed by atoms with van der Waals surface area (Å²) in [6.07, 6.45) is 0. The maximum atomic E-state index is 12.0. The number of carbonyl (C=O) groups excluding carboxylic acids is 2. The van der Waals surface area contributed by atoms with Gasteiger partial charge in [-0.2, -0.15) is 0 Å². The Morgan fingerprint density at radius 3 is 2.65 bits per heavy atom. The van der Waals surface area contributed by atoms with Gasteiger partial charge in [0.1, 0.15) is 0 Å². The molecule has 1 amide bonds. The number of hydrogen-bond acceptors (Lipinski definition) is 4. The highest BCUT2D eigenvalue weighted by atomic mass is 35.5. The lowest BCUT2D eigenvalue weighted by Gasteiger charge is -2.09. The number of nitrogens with one attached hydrogen (secondary N) is 1. The molecule has 0 saturated carbocycles. The Kier molecular flexibility index (Phi) is 5.47. The molecule has 120 valence electrons. The fraction of sp³-hybridized carbons (Fsp3) is 0.125. The minimum absolute atomic E-state index is 0.0193. The second kappa shape index (κ2) is 7.35. The Morgan fingerprint density at radius 2 is 1.96 bits per heavy atom. The van der Waals surface area contributed by atoms with Crippen molar-refractivity contribution in [3.8, 4) is 0 Å².